The van der Waals surface area contributed by atoms with Gasteiger partial charge in [0.1, 0.15) is 6.10 Å². The van der Waals surface area contributed by atoms with Gasteiger partial charge in [0.15, 0.2) is 0 Å². The van der Waals surface area contributed by atoms with Crippen LogP contribution in [0.4, 0.5) is 0 Å². The van der Waals surface area contributed by atoms with Crippen molar-refractivity contribution in [3.05, 3.63) is 12.7 Å². The van der Waals surface area contributed by atoms with E-state index < -0.39 is 6.10 Å². The third kappa shape index (κ3) is 1.85. The van der Waals surface area contributed by atoms with Crippen molar-refractivity contribution in [2.45, 2.75) is 32.0 Å². The molecule has 12 heavy (non-hydrogen) atoms. The van der Waals surface area contributed by atoms with Crippen LogP contribution in [-0.2, 0) is 9.53 Å². The summed E-state index contributed by atoms with van der Waals surface area (Å²) in [6.45, 7) is 4.87. The maximum absolute atomic E-state index is 10.6. The molecule has 0 aromatic carbocycles. The van der Waals surface area contributed by atoms with E-state index in [9.17, 15) is 9.90 Å². The minimum absolute atomic E-state index is 0.0615. The smallest absolute Gasteiger partial charge is 0.302 e. The second kappa shape index (κ2) is 3.72. The van der Waals surface area contributed by atoms with E-state index in [1.54, 1.807) is 0 Å². The Kier molecular flexibility index (Phi) is 2.87. The maximum Gasteiger partial charge on any atom is 0.302 e. The van der Waals surface area contributed by atoms with Crippen molar-refractivity contribution >= 4 is 5.97 Å². The molecule has 1 aliphatic carbocycles. The van der Waals surface area contributed by atoms with E-state index in [1.807, 2.05) is 0 Å². The summed E-state index contributed by atoms with van der Waals surface area (Å²) in [4.78, 5) is 10.6. The topological polar surface area (TPSA) is 46.5 Å². The van der Waals surface area contributed by atoms with Gasteiger partial charge in [-0.15, -0.1) is 6.58 Å². The Bertz CT molecular complexity index is 188. The van der Waals surface area contributed by atoms with Gasteiger partial charge in [-0.1, -0.05) is 6.08 Å². The number of hydrogen-bond donors (Lipinski definition) is 1. The molecule has 1 N–H and O–H groups in total. The second-order valence-corrected chi connectivity index (χ2v) is 3.12. The predicted molar refractivity (Wildman–Crippen MR) is 44.5 cm³/mol. The van der Waals surface area contributed by atoms with Gasteiger partial charge in [-0.2, -0.15) is 0 Å². The summed E-state index contributed by atoms with van der Waals surface area (Å²) in [6.07, 6.45) is 2.61. The average molecular weight is 170 g/mol. The fourth-order valence-electron chi connectivity index (χ4n) is 1.42. The standard InChI is InChI=1S/C9H14O3/c1-3-8(11)7-4-5-9(7)12-6(2)10/h3,7-9,11H,1,4-5H2,2H3/t7-,8+,9-/m1/s1. The van der Waals surface area contributed by atoms with Gasteiger partial charge in [0.05, 0.1) is 6.10 Å². The minimum atomic E-state index is -0.539. The molecule has 1 rings (SSSR count). The lowest BCUT2D eigenvalue weighted by molar-refractivity contribution is -0.158. The van der Waals surface area contributed by atoms with Crippen molar-refractivity contribution in [1.82, 2.24) is 0 Å². The largest absolute Gasteiger partial charge is 0.462 e. The molecule has 3 nitrogen and oxygen atoms in total. The van der Waals surface area contributed by atoms with Gasteiger partial charge in [-0.05, 0) is 12.8 Å². The number of aliphatic hydroxyl groups is 1. The summed E-state index contributed by atoms with van der Waals surface area (Å²) in [5.74, 6) is -0.215. The van der Waals surface area contributed by atoms with Gasteiger partial charge >= 0.3 is 5.97 Å². The molecular weight excluding hydrogens is 156 g/mol. The van der Waals surface area contributed by atoms with E-state index in [0.29, 0.717) is 0 Å². The number of hydrogen-bond acceptors (Lipinski definition) is 3. The van der Waals surface area contributed by atoms with Gasteiger partial charge in [0, 0.05) is 12.8 Å². The fraction of sp³-hybridized carbons (Fsp3) is 0.667. The Morgan fingerprint density at radius 2 is 2.42 bits per heavy atom. The van der Waals surface area contributed by atoms with Crippen LogP contribution in [0, 0.1) is 5.92 Å². The first-order valence-electron chi connectivity index (χ1n) is 4.13. The van der Waals surface area contributed by atoms with Gasteiger partial charge in [0.2, 0.25) is 0 Å². The zero-order valence-electron chi connectivity index (χ0n) is 7.19. The number of rotatable bonds is 3. The van der Waals surface area contributed by atoms with Crippen LogP contribution >= 0.6 is 0 Å². The highest BCUT2D eigenvalue weighted by molar-refractivity contribution is 5.66. The molecule has 68 valence electrons. The lowest BCUT2D eigenvalue weighted by atomic mass is 9.78. The van der Waals surface area contributed by atoms with Crippen LogP contribution in [0.25, 0.3) is 0 Å². The van der Waals surface area contributed by atoms with E-state index in [4.69, 9.17) is 4.74 Å². The summed E-state index contributed by atoms with van der Waals surface area (Å²) in [5.41, 5.74) is 0. The zero-order valence-corrected chi connectivity index (χ0v) is 7.19. The van der Waals surface area contributed by atoms with Crippen LogP contribution in [0.15, 0.2) is 12.7 Å². The van der Waals surface area contributed by atoms with Crippen molar-refractivity contribution < 1.29 is 14.6 Å². The summed E-state index contributed by atoms with van der Waals surface area (Å²) in [6, 6.07) is 0. The first-order valence-corrected chi connectivity index (χ1v) is 4.13. The van der Waals surface area contributed by atoms with E-state index in [0.717, 1.165) is 12.8 Å². The summed E-state index contributed by atoms with van der Waals surface area (Å²) in [7, 11) is 0. The minimum Gasteiger partial charge on any atom is -0.462 e. The molecule has 0 radical (unpaired) electrons. The Morgan fingerprint density at radius 3 is 2.75 bits per heavy atom. The molecule has 1 fully saturated rings. The van der Waals surface area contributed by atoms with Crippen LogP contribution in [0.3, 0.4) is 0 Å². The molecule has 1 saturated carbocycles. The van der Waals surface area contributed by atoms with E-state index in [-0.39, 0.29) is 18.0 Å². The number of carbonyl (C=O) groups excluding carboxylic acids is 1. The summed E-state index contributed by atoms with van der Waals surface area (Å²) < 4.78 is 4.98. The molecule has 0 unspecified atom stereocenters. The first-order chi connectivity index (χ1) is 5.65. The third-order valence-corrected chi connectivity index (χ3v) is 2.26. The SMILES string of the molecule is C=C[C@H](O)[C@H]1CC[C@H]1OC(C)=O. The second-order valence-electron chi connectivity index (χ2n) is 3.12. The number of carbonyl (C=O) groups is 1. The van der Waals surface area contributed by atoms with Crippen LogP contribution in [0.1, 0.15) is 19.8 Å². The number of aliphatic hydroxyl groups excluding tert-OH is 1. The zero-order chi connectivity index (χ0) is 9.14. The molecule has 3 heteroatoms. The highest BCUT2D eigenvalue weighted by atomic mass is 16.5. The number of esters is 1. The summed E-state index contributed by atoms with van der Waals surface area (Å²) in [5, 5.41) is 9.35. The molecule has 0 saturated heterocycles. The molecular formula is C9H14O3. The van der Waals surface area contributed by atoms with Gasteiger partial charge in [-0.3, -0.25) is 4.79 Å². The molecule has 0 spiro atoms. The predicted octanol–water partition coefficient (Wildman–Crippen LogP) is 0.875. The Balaban J connectivity index is 2.38. The van der Waals surface area contributed by atoms with Gasteiger partial charge in [0.25, 0.3) is 0 Å². The molecule has 1 aliphatic rings. The Morgan fingerprint density at radius 1 is 1.75 bits per heavy atom. The average Bonchev–Trinajstić information content (AvgIpc) is 1.98. The monoisotopic (exact) mass is 170 g/mol. The van der Waals surface area contributed by atoms with Crippen LogP contribution in [-0.4, -0.2) is 23.3 Å². The Labute approximate surface area is 72.0 Å². The highest BCUT2D eigenvalue weighted by Gasteiger charge is 2.37. The first kappa shape index (κ1) is 9.26. The molecule has 0 aliphatic heterocycles. The van der Waals surface area contributed by atoms with Crippen molar-refractivity contribution in [2.75, 3.05) is 0 Å². The van der Waals surface area contributed by atoms with E-state index in [1.165, 1.54) is 13.0 Å². The molecule has 0 aromatic rings. The maximum atomic E-state index is 10.6. The highest BCUT2D eigenvalue weighted by Crippen LogP contribution is 2.33. The molecule has 3 atom stereocenters. The van der Waals surface area contributed by atoms with Crippen LogP contribution in [0.2, 0.25) is 0 Å². The quantitative estimate of drug-likeness (QED) is 0.505. The van der Waals surface area contributed by atoms with Gasteiger partial charge in [-0.25, -0.2) is 0 Å². The Hall–Kier alpha value is -0.830. The normalized spacial score (nSPS) is 30.2. The lowest BCUT2D eigenvalue weighted by Gasteiger charge is -2.37. The number of ether oxygens (including phenoxy) is 1. The lowest BCUT2D eigenvalue weighted by Crippen LogP contribution is -2.42. The van der Waals surface area contributed by atoms with Crippen molar-refractivity contribution in [2.24, 2.45) is 5.92 Å². The van der Waals surface area contributed by atoms with E-state index in [2.05, 4.69) is 6.58 Å². The van der Waals surface area contributed by atoms with Crippen LogP contribution < -0.4 is 0 Å². The molecule has 0 amide bonds. The van der Waals surface area contributed by atoms with Crippen molar-refractivity contribution in [3.8, 4) is 0 Å². The van der Waals surface area contributed by atoms with Crippen molar-refractivity contribution in [3.63, 3.8) is 0 Å². The van der Waals surface area contributed by atoms with Crippen LogP contribution in [0.5, 0.6) is 0 Å². The fourth-order valence-corrected chi connectivity index (χ4v) is 1.42. The van der Waals surface area contributed by atoms with Gasteiger partial charge < -0.3 is 9.84 Å². The molecule has 0 bridgehead atoms. The summed E-state index contributed by atoms with van der Waals surface area (Å²) >= 11 is 0. The molecule has 0 aromatic heterocycles. The molecule has 0 heterocycles. The van der Waals surface area contributed by atoms with Crippen molar-refractivity contribution in [1.29, 1.82) is 0 Å². The third-order valence-electron chi connectivity index (χ3n) is 2.26. The van der Waals surface area contributed by atoms with E-state index >= 15 is 0 Å².